The minimum atomic E-state index is -6.66. The van der Waals surface area contributed by atoms with Crippen LogP contribution in [0.15, 0.2) is 24.3 Å². The van der Waals surface area contributed by atoms with E-state index < -0.39 is 47.0 Å². The average molecular weight is 366 g/mol. The number of carbonyl (C=O) groups excluding carboxylic acids is 2. The van der Waals surface area contributed by atoms with Gasteiger partial charge in [-0.3, -0.25) is 0 Å². The summed E-state index contributed by atoms with van der Waals surface area (Å²) in [6.45, 7) is 7.36. The summed E-state index contributed by atoms with van der Waals surface area (Å²) in [5, 5.41) is 18.7. The number of hydrogen-bond donors (Lipinski definition) is 2. The van der Waals surface area contributed by atoms with Crippen LogP contribution in [0.25, 0.3) is 0 Å². The van der Waals surface area contributed by atoms with Crippen molar-refractivity contribution in [1.29, 1.82) is 0 Å². The second-order valence-electron chi connectivity index (χ2n) is 4.63. The monoisotopic (exact) mass is 366 g/mol. The van der Waals surface area contributed by atoms with Crippen LogP contribution in [0.2, 0.25) is 0 Å². The lowest BCUT2D eigenvalue weighted by Crippen LogP contribution is -2.73. The molecule has 2 N–H and O–H groups in total. The molecular weight excluding hydrogens is 354 g/mol. The first kappa shape index (κ1) is 21.9. The predicted molar refractivity (Wildman–Crippen MR) is 63.8 cm³/mol. The number of rotatable bonds is 5. The Kier molecular flexibility index (Phi) is 5.88. The third kappa shape index (κ3) is 3.87. The Morgan fingerprint density at radius 1 is 0.792 bits per heavy atom. The molecule has 0 bridgehead atoms. The number of hydrogen-bond acceptors (Lipinski definition) is 6. The van der Waals surface area contributed by atoms with E-state index in [2.05, 4.69) is 22.6 Å². The molecular formula is C12H12F6O6. The number of carbonyl (C=O) groups is 2. The van der Waals surface area contributed by atoms with E-state index in [9.17, 15) is 41.0 Å². The summed E-state index contributed by atoms with van der Waals surface area (Å²) in [5.41, 5.74) is -7.67. The average Bonchev–Trinajstić information content (AvgIpc) is 2.34. The smallest absolute Gasteiger partial charge is 0.392 e. The van der Waals surface area contributed by atoms with Gasteiger partial charge in [0.25, 0.3) is 0 Å². The highest BCUT2D eigenvalue weighted by Crippen LogP contribution is 2.50. The van der Waals surface area contributed by atoms with Crippen molar-refractivity contribution in [3.8, 4) is 0 Å². The molecule has 0 aromatic rings. The summed E-state index contributed by atoms with van der Waals surface area (Å²) in [4.78, 5) is 22.5. The van der Waals surface area contributed by atoms with E-state index in [0.717, 1.165) is 13.8 Å². The fourth-order valence-corrected chi connectivity index (χ4v) is 1.11. The van der Waals surface area contributed by atoms with Gasteiger partial charge in [-0.2, -0.15) is 26.3 Å². The number of halogens is 6. The number of aliphatic hydroxyl groups is 2. The van der Waals surface area contributed by atoms with Gasteiger partial charge in [0.15, 0.2) is 0 Å². The van der Waals surface area contributed by atoms with Crippen LogP contribution in [0.5, 0.6) is 0 Å². The van der Waals surface area contributed by atoms with E-state index in [1.165, 1.54) is 0 Å². The molecule has 0 rings (SSSR count). The molecule has 0 radical (unpaired) electrons. The largest absolute Gasteiger partial charge is 0.437 e. The zero-order chi connectivity index (χ0) is 19.7. The van der Waals surface area contributed by atoms with Crippen LogP contribution in [0, 0.1) is 0 Å². The molecule has 0 unspecified atom stereocenters. The standard InChI is InChI=1S/C12H12F6O6/c1-5(2)7(19)23-12(22,24-8(20)6(3)4)9(21,10(13,14)15)11(16,17)18/h21-22H,1,3H2,2,4H3. The summed E-state index contributed by atoms with van der Waals surface area (Å²) in [6.07, 6.45) is -13.3. The Morgan fingerprint density at radius 3 is 1.21 bits per heavy atom. The van der Waals surface area contributed by atoms with Crippen molar-refractivity contribution in [2.24, 2.45) is 0 Å². The topological polar surface area (TPSA) is 93.1 Å². The van der Waals surface area contributed by atoms with Gasteiger partial charge in [0, 0.05) is 11.1 Å². The van der Waals surface area contributed by atoms with Gasteiger partial charge in [-0.25, -0.2) is 9.59 Å². The summed E-state index contributed by atoms with van der Waals surface area (Å²) in [6, 6.07) is 0. The molecule has 0 aromatic carbocycles. The van der Waals surface area contributed by atoms with Crippen LogP contribution in [-0.4, -0.2) is 46.1 Å². The number of ether oxygens (including phenoxy) is 2. The minimum Gasteiger partial charge on any atom is -0.392 e. The molecule has 12 heteroatoms. The van der Waals surface area contributed by atoms with Crippen molar-refractivity contribution < 1.29 is 55.6 Å². The molecule has 0 atom stereocenters. The third-order valence-electron chi connectivity index (χ3n) is 2.44. The Balaban J connectivity index is 6.44. The van der Waals surface area contributed by atoms with Crippen molar-refractivity contribution in [1.82, 2.24) is 0 Å². The van der Waals surface area contributed by atoms with Crippen LogP contribution < -0.4 is 0 Å². The maximum atomic E-state index is 12.8. The lowest BCUT2D eigenvalue weighted by Gasteiger charge is -2.41. The summed E-state index contributed by atoms with van der Waals surface area (Å²) >= 11 is 0. The van der Waals surface area contributed by atoms with Gasteiger partial charge in [-0.15, -0.1) is 0 Å². The highest BCUT2D eigenvalue weighted by molar-refractivity contribution is 5.89. The quantitative estimate of drug-likeness (QED) is 0.333. The van der Waals surface area contributed by atoms with Crippen molar-refractivity contribution >= 4 is 11.9 Å². The first-order chi connectivity index (χ1) is 10.4. The van der Waals surface area contributed by atoms with Crippen LogP contribution >= 0.6 is 0 Å². The molecule has 0 amide bonds. The van der Waals surface area contributed by atoms with E-state index in [1.54, 1.807) is 0 Å². The van der Waals surface area contributed by atoms with Gasteiger partial charge in [-0.1, -0.05) is 13.2 Å². The van der Waals surface area contributed by atoms with Gasteiger partial charge < -0.3 is 19.7 Å². The van der Waals surface area contributed by atoms with Crippen molar-refractivity contribution in [3.63, 3.8) is 0 Å². The first-order valence-corrected chi connectivity index (χ1v) is 5.76. The van der Waals surface area contributed by atoms with Crippen molar-refractivity contribution in [3.05, 3.63) is 24.3 Å². The summed E-state index contributed by atoms with van der Waals surface area (Å²) in [7, 11) is 0. The zero-order valence-corrected chi connectivity index (χ0v) is 12.2. The third-order valence-corrected chi connectivity index (χ3v) is 2.44. The number of esters is 2. The summed E-state index contributed by atoms with van der Waals surface area (Å²) < 4.78 is 84.2. The van der Waals surface area contributed by atoms with Crippen molar-refractivity contribution in [2.75, 3.05) is 0 Å². The van der Waals surface area contributed by atoms with E-state index in [0.29, 0.717) is 0 Å². The maximum absolute atomic E-state index is 12.8. The first-order valence-electron chi connectivity index (χ1n) is 5.76. The predicted octanol–water partition coefficient (Wildman–Crippen LogP) is 1.73. The maximum Gasteiger partial charge on any atom is 0.437 e. The molecule has 0 aliphatic rings. The van der Waals surface area contributed by atoms with Crippen molar-refractivity contribution in [2.45, 2.75) is 37.8 Å². The fraction of sp³-hybridized carbons (Fsp3) is 0.500. The van der Waals surface area contributed by atoms with Crippen LogP contribution in [0.4, 0.5) is 26.3 Å². The SMILES string of the molecule is C=C(C)C(=O)OC(O)(OC(=O)C(=C)C)C(O)(C(F)(F)F)C(F)(F)F. The molecule has 6 nitrogen and oxygen atoms in total. The molecule has 0 aliphatic heterocycles. The van der Waals surface area contributed by atoms with Gasteiger partial charge in [-0.05, 0) is 13.8 Å². The lowest BCUT2D eigenvalue weighted by molar-refractivity contribution is -0.497. The van der Waals surface area contributed by atoms with Gasteiger partial charge in [0.2, 0.25) is 0 Å². The fourth-order valence-electron chi connectivity index (χ4n) is 1.11. The molecule has 0 aromatic heterocycles. The normalized spacial score (nSPS) is 13.2. The molecule has 0 aliphatic carbocycles. The molecule has 138 valence electrons. The van der Waals surface area contributed by atoms with Crippen LogP contribution in [0.1, 0.15) is 13.8 Å². The van der Waals surface area contributed by atoms with E-state index in [4.69, 9.17) is 5.11 Å². The highest BCUT2D eigenvalue weighted by atomic mass is 19.4. The van der Waals surface area contributed by atoms with E-state index >= 15 is 0 Å². The second-order valence-corrected chi connectivity index (χ2v) is 4.63. The Bertz CT molecular complexity index is 519. The zero-order valence-electron chi connectivity index (χ0n) is 12.2. The molecule has 0 spiro atoms. The summed E-state index contributed by atoms with van der Waals surface area (Å²) in [5.74, 6) is -9.19. The van der Waals surface area contributed by atoms with Gasteiger partial charge in [0.05, 0.1) is 0 Å². The Labute approximate surface area is 131 Å². The van der Waals surface area contributed by atoms with E-state index in [-0.39, 0.29) is 0 Å². The number of alkyl halides is 6. The van der Waals surface area contributed by atoms with E-state index in [1.807, 2.05) is 0 Å². The lowest BCUT2D eigenvalue weighted by atomic mass is 9.99. The molecule has 0 saturated heterocycles. The second kappa shape index (κ2) is 6.43. The molecule has 24 heavy (non-hydrogen) atoms. The van der Waals surface area contributed by atoms with Crippen LogP contribution in [-0.2, 0) is 19.1 Å². The van der Waals surface area contributed by atoms with Gasteiger partial charge >= 0.3 is 35.9 Å². The van der Waals surface area contributed by atoms with Crippen LogP contribution in [0.3, 0.4) is 0 Å². The Hall–Kier alpha value is -2.08. The molecule has 0 heterocycles. The van der Waals surface area contributed by atoms with Gasteiger partial charge in [0.1, 0.15) is 0 Å². The highest BCUT2D eigenvalue weighted by Gasteiger charge is 2.85. The molecule has 0 fully saturated rings. The minimum absolute atomic E-state index is 0.758. The Morgan fingerprint density at radius 2 is 1.04 bits per heavy atom. The molecule has 0 saturated carbocycles.